The summed E-state index contributed by atoms with van der Waals surface area (Å²) in [5, 5.41) is 2.43. The van der Waals surface area contributed by atoms with Crippen LogP contribution in [0.3, 0.4) is 0 Å². The number of halogens is 2. The zero-order chi connectivity index (χ0) is 22.2. The average molecular weight is 421 g/mol. The van der Waals surface area contributed by atoms with Crippen molar-refractivity contribution in [2.24, 2.45) is 4.99 Å². The number of hydrogen-bond acceptors (Lipinski definition) is 4. The molecule has 31 heavy (non-hydrogen) atoms. The Hall–Kier alpha value is -3.61. The topological polar surface area (TPSA) is 63.6 Å². The summed E-state index contributed by atoms with van der Waals surface area (Å²) in [5.41, 5.74) is 2.79. The van der Waals surface area contributed by atoms with Gasteiger partial charge in [-0.1, -0.05) is 12.1 Å². The smallest absolute Gasteiger partial charge is 0.262 e. The van der Waals surface area contributed by atoms with Crippen LogP contribution in [0.1, 0.15) is 35.3 Å². The fourth-order valence-corrected chi connectivity index (χ4v) is 3.32. The predicted molar refractivity (Wildman–Crippen MR) is 115 cm³/mol. The van der Waals surface area contributed by atoms with Crippen molar-refractivity contribution in [3.63, 3.8) is 0 Å². The number of pyridine rings is 1. The van der Waals surface area contributed by atoms with E-state index < -0.39 is 23.1 Å². The van der Waals surface area contributed by atoms with Gasteiger partial charge in [-0.15, -0.1) is 0 Å². The van der Waals surface area contributed by atoms with Crippen molar-refractivity contribution in [1.82, 2.24) is 4.98 Å². The molecule has 0 fully saturated rings. The molecule has 0 atom stereocenters. The van der Waals surface area contributed by atoms with Gasteiger partial charge in [0.15, 0.2) is 0 Å². The minimum atomic E-state index is -0.929. The number of rotatable bonds is 4. The summed E-state index contributed by atoms with van der Waals surface area (Å²) in [4.78, 5) is 21.1. The van der Waals surface area contributed by atoms with Gasteiger partial charge in [0.1, 0.15) is 29.6 Å². The predicted octanol–water partition coefficient (Wildman–Crippen LogP) is 5.14. The van der Waals surface area contributed by atoms with Crippen molar-refractivity contribution < 1.29 is 18.3 Å². The first-order valence-corrected chi connectivity index (χ1v) is 9.79. The zero-order valence-electron chi connectivity index (χ0n) is 17.4. The number of amides is 1. The molecule has 2 heterocycles. The Balaban J connectivity index is 1.57. The maximum atomic E-state index is 13.8. The molecule has 0 saturated heterocycles. The molecule has 0 aliphatic carbocycles. The number of carbonyl (C=O) groups excluding carboxylic acids is 1. The van der Waals surface area contributed by atoms with Crippen molar-refractivity contribution in [2.75, 3.05) is 11.9 Å². The van der Waals surface area contributed by atoms with Gasteiger partial charge in [-0.25, -0.2) is 18.8 Å². The summed E-state index contributed by atoms with van der Waals surface area (Å²) < 4.78 is 33.3. The van der Waals surface area contributed by atoms with Crippen LogP contribution in [0.15, 0.2) is 59.7 Å². The second-order valence-electron chi connectivity index (χ2n) is 8.03. The van der Waals surface area contributed by atoms with Crippen LogP contribution in [0.5, 0.6) is 0 Å². The van der Waals surface area contributed by atoms with E-state index in [9.17, 15) is 13.6 Å². The molecule has 1 amide bonds. The minimum Gasteiger partial charge on any atom is -0.475 e. The Morgan fingerprint density at radius 2 is 1.77 bits per heavy atom. The number of carbonyl (C=O) groups is 1. The molecule has 1 aromatic heterocycles. The number of aliphatic imine (C=N–C) groups is 1. The van der Waals surface area contributed by atoms with E-state index in [1.54, 1.807) is 18.3 Å². The van der Waals surface area contributed by atoms with Crippen LogP contribution in [-0.4, -0.2) is 28.9 Å². The van der Waals surface area contributed by atoms with Crippen molar-refractivity contribution in [1.29, 1.82) is 0 Å². The number of nitrogens with one attached hydrogen (secondary N) is 1. The quantitative estimate of drug-likeness (QED) is 0.634. The molecule has 158 valence electrons. The summed E-state index contributed by atoms with van der Waals surface area (Å²) in [7, 11) is 0. The first-order valence-electron chi connectivity index (χ1n) is 9.79. The molecule has 4 rings (SSSR count). The average Bonchev–Trinajstić information content (AvgIpc) is 3.09. The number of hydrogen-bond donors (Lipinski definition) is 1. The molecular formula is C24H21F2N3O2. The van der Waals surface area contributed by atoms with Gasteiger partial charge in [0.25, 0.3) is 5.91 Å². The SMILES string of the molecule is Cc1ccc(C2=NC(C)(C)CO2)cc1-c1ccc(NC(=O)c2c(F)cccc2F)nc1. The number of ether oxygens (including phenoxy) is 1. The van der Waals surface area contributed by atoms with E-state index in [4.69, 9.17) is 4.74 Å². The molecule has 1 aliphatic rings. The van der Waals surface area contributed by atoms with Crippen molar-refractivity contribution in [3.8, 4) is 11.1 Å². The summed E-state index contributed by atoms with van der Waals surface area (Å²) in [6, 6.07) is 12.6. The highest BCUT2D eigenvalue weighted by Crippen LogP contribution is 2.28. The monoisotopic (exact) mass is 421 g/mol. The van der Waals surface area contributed by atoms with Gasteiger partial charge in [0, 0.05) is 17.3 Å². The third-order valence-corrected chi connectivity index (χ3v) is 4.96. The zero-order valence-corrected chi connectivity index (χ0v) is 17.4. The lowest BCUT2D eigenvalue weighted by Gasteiger charge is -2.10. The summed E-state index contributed by atoms with van der Waals surface area (Å²) in [6.07, 6.45) is 1.60. The molecule has 1 N–H and O–H groups in total. The standard InChI is InChI=1S/C24H21F2N3O2/c1-14-7-8-15(23-29-24(2,3)13-31-23)11-17(14)16-9-10-20(27-12-16)28-22(30)21-18(25)5-4-6-19(21)26/h4-12H,13H2,1-3H3,(H,27,28,30). The highest BCUT2D eigenvalue weighted by molar-refractivity contribution is 6.04. The second-order valence-corrected chi connectivity index (χ2v) is 8.03. The van der Waals surface area contributed by atoms with Gasteiger partial charge in [-0.05, 0) is 68.3 Å². The Labute approximate surface area is 178 Å². The fraction of sp³-hybridized carbons (Fsp3) is 0.208. The third kappa shape index (κ3) is 4.30. The molecule has 5 nitrogen and oxygen atoms in total. The molecule has 3 aromatic rings. The van der Waals surface area contributed by atoms with Crippen LogP contribution >= 0.6 is 0 Å². The molecule has 0 saturated carbocycles. The number of anilines is 1. The molecule has 0 bridgehead atoms. The Kier molecular flexibility index (Phi) is 5.27. The van der Waals surface area contributed by atoms with Gasteiger partial charge in [-0.3, -0.25) is 4.79 Å². The van der Waals surface area contributed by atoms with Crippen LogP contribution in [0.25, 0.3) is 11.1 Å². The molecular weight excluding hydrogens is 400 g/mol. The molecule has 0 radical (unpaired) electrons. The lowest BCUT2D eigenvalue weighted by Crippen LogP contribution is -2.17. The Bertz CT molecular complexity index is 1170. The lowest BCUT2D eigenvalue weighted by atomic mass is 9.99. The number of aryl methyl sites for hydroxylation is 1. The van der Waals surface area contributed by atoms with Crippen molar-refractivity contribution in [3.05, 3.63) is 83.1 Å². The van der Waals surface area contributed by atoms with E-state index in [0.29, 0.717) is 12.5 Å². The minimum absolute atomic E-state index is 0.190. The van der Waals surface area contributed by atoms with Gasteiger partial charge in [0.2, 0.25) is 5.90 Å². The van der Waals surface area contributed by atoms with Crippen LogP contribution in [0.4, 0.5) is 14.6 Å². The van der Waals surface area contributed by atoms with Crippen molar-refractivity contribution >= 4 is 17.6 Å². The van der Waals surface area contributed by atoms with E-state index in [2.05, 4.69) is 15.3 Å². The summed E-state index contributed by atoms with van der Waals surface area (Å²) in [5.74, 6) is -1.96. The molecule has 1 aliphatic heterocycles. The maximum absolute atomic E-state index is 13.8. The van der Waals surface area contributed by atoms with Gasteiger partial charge < -0.3 is 10.1 Å². The molecule has 7 heteroatoms. The Morgan fingerprint density at radius 1 is 1.06 bits per heavy atom. The molecule has 2 aromatic carbocycles. The molecule has 0 unspecified atom stereocenters. The van der Waals surface area contributed by atoms with Crippen LogP contribution in [0.2, 0.25) is 0 Å². The Morgan fingerprint density at radius 3 is 2.39 bits per heavy atom. The van der Waals surface area contributed by atoms with Crippen LogP contribution < -0.4 is 5.32 Å². The second kappa shape index (κ2) is 7.91. The van der Waals surface area contributed by atoms with Crippen LogP contribution in [0, 0.1) is 18.6 Å². The molecule has 0 spiro atoms. The highest BCUT2D eigenvalue weighted by Gasteiger charge is 2.27. The highest BCUT2D eigenvalue weighted by atomic mass is 19.1. The lowest BCUT2D eigenvalue weighted by molar-refractivity contribution is 0.101. The summed E-state index contributed by atoms with van der Waals surface area (Å²) in [6.45, 7) is 6.54. The summed E-state index contributed by atoms with van der Waals surface area (Å²) >= 11 is 0. The third-order valence-electron chi connectivity index (χ3n) is 4.96. The van der Waals surface area contributed by atoms with Crippen LogP contribution in [-0.2, 0) is 4.74 Å². The van der Waals surface area contributed by atoms with Gasteiger partial charge in [-0.2, -0.15) is 0 Å². The van der Waals surface area contributed by atoms with E-state index in [-0.39, 0.29) is 11.4 Å². The van der Waals surface area contributed by atoms with E-state index >= 15 is 0 Å². The van der Waals surface area contributed by atoms with Gasteiger partial charge in [0.05, 0.1) is 5.54 Å². The van der Waals surface area contributed by atoms with E-state index in [1.807, 2.05) is 39.0 Å². The number of benzene rings is 2. The normalized spacial score (nSPS) is 14.7. The van der Waals surface area contributed by atoms with Crippen molar-refractivity contribution in [2.45, 2.75) is 26.3 Å². The van der Waals surface area contributed by atoms with Gasteiger partial charge >= 0.3 is 0 Å². The number of nitrogens with zero attached hydrogens (tertiary/aromatic N) is 2. The van der Waals surface area contributed by atoms with E-state index in [1.165, 1.54) is 6.07 Å². The number of aromatic nitrogens is 1. The van der Waals surface area contributed by atoms with E-state index in [0.717, 1.165) is 34.4 Å². The first kappa shape index (κ1) is 20.7. The first-order chi connectivity index (χ1) is 14.7. The maximum Gasteiger partial charge on any atom is 0.262 e. The largest absolute Gasteiger partial charge is 0.475 e. The fourth-order valence-electron chi connectivity index (χ4n) is 3.32.